The van der Waals surface area contributed by atoms with Crippen molar-refractivity contribution in [2.45, 2.75) is 12.0 Å². The van der Waals surface area contributed by atoms with Gasteiger partial charge in [0.15, 0.2) is 5.54 Å². The van der Waals surface area contributed by atoms with Crippen molar-refractivity contribution in [1.29, 1.82) is 0 Å². The Morgan fingerprint density at radius 2 is 1.57 bits per heavy atom. The largest absolute Gasteiger partial charge is 0.465 e. The van der Waals surface area contributed by atoms with Gasteiger partial charge in [-0.25, -0.2) is 14.6 Å². The summed E-state index contributed by atoms with van der Waals surface area (Å²) in [6, 6.07) is 16.2. The Bertz CT molecular complexity index is 1490. The second kappa shape index (κ2) is 9.82. The third-order valence-corrected chi connectivity index (χ3v) is 7.95. The number of aromatic nitrogens is 2. The number of amidine groups is 1. The zero-order valence-corrected chi connectivity index (χ0v) is 22.4. The molecule has 3 aliphatic rings. The summed E-state index contributed by atoms with van der Waals surface area (Å²) in [5.41, 5.74) is 3.92. The minimum atomic E-state index is -1.09. The van der Waals surface area contributed by atoms with Crippen LogP contribution in [-0.2, 0) is 16.6 Å². The second-order valence-electron chi connectivity index (χ2n) is 10.6. The van der Waals surface area contributed by atoms with Crippen molar-refractivity contribution >= 4 is 23.9 Å². The van der Waals surface area contributed by atoms with Crippen LogP contribution in [0.5, 0.6) is 0 Å². The molecule has 0 aliphatic carbocycles. The average molecular weight is 543 g/mol. The number of aryl methyl sites for hydroxylation is 1. The van der Waals surface area contributed by atoms with Gasteiger partial charge in [-0.1, -0.05) is 48.5 Å². The van der Waals surface area contributed by atoms with E-state index in [9.17, 15) is 19.5 Å². The van der Waals surface area contributed by atoms with E-state index in [1.54, 1.807) is 14.5 Å². The summed E-state index contributed by atoms with van der Waals surface area (Å²) < 4.78 is 6.63. The third kappa shape index (κ3) is 4.47. The summed E-state index contributed by atoms with van der Waals surface area (Å²) in [4.78, 5) is 46.4. The molecule has 0 saturated carbocycles. The van der Waals surface area contributed by atoms with Crippen LogP contribution in [0.3, 0.4) is 0 Å². The van der Waals surface area contributed by atoms with Gasteiger partial charge in [-0.15, -0.1) is 0 Å². The van der Waals surface area contributed by atoms with Gasteiger partial charge in [0.05, 0.1) is 26.4 Å². The molecule has 3 aliphatic heterocycles. The van der Waals surface area contributed by atoms with E-state index in [1.165, 1.54) is 12.0 Å². The molecule has 1 atom stereocenters. The lowest BCUT2D eigenvalue weighted by atomic mass is 9.90. The van der Waals surface area contributed by atoms with E-state index < -0.39 is 11.6 Å². The standard InChI is InChI=1S/C29H30N6O5/c1-32-16-24(13-30-32)22-5-3-20(4-6-22)21-7-9-23(10-8-21)25-31-29(17-34(18-29)27(37)38)26(36)35(25)15-19-11-12-33(14-19)28(39)40-2/h3-10,13,16,19H,11-12,14-15,17-18H2,1-2H3,(H,37,38). The zero-order chi connectivity index (χ0) is 28.0. The average Bonchev–Trinajstić information content (AvgIpc) is 3.66. The lowest BCUT2D eigenvalue weighted by Crippen LogP contribution is -2.66. The number of benzene rings is 2. The van der Waals surface area contributed by atoms with Crippen molar-refractivity contribution in [3.05, 3.63) is 66.5 Å². The summed E-state index contributed by atoms with van der Waals surface area (Å²) in [6.45, 7) is 1.55. The van der Waals surface area contributed by atoms with Gasteiger partial charge >= 0.3 is 12.2 Å². The summed E-state index contributed by atoms with van der Waals surface area (Å²) >= 11 is 0. The summed E-state index contributed by atoms with van der Waals surface area (Å²) in [5.74, 6) is 0.424. The van der Waals surface area contributed by atoms with Gasteiger partial charge in [0.2, 0.25) is 0 Å². The van der Waals surface area contributed by atoms with Crippen LogP contribution in [-0.4, -0.2) is 98.9 Å². The number of aliphatic imine (C=N–C) groups is 1. The normalized spacial score (nSPS) is 19.6. The van der Waals surface area contributed by atoms with Crippen LogP contribution in [0, 0.1) is 5.92 Å². The van der Waals surface area contributed by atoms with Crippen molar-refractivity contribution in [3.8, 4) is 22.3 Å². The molecule has 206 valence electrons. The molecule has 3 amide bonds. The van der Waals surface area contributed by atoms with Crippen LogP contribution >= 0.6 is 0 Å². The number of hydrogen-bond acceptors (Lipinski definition) is 6. The number of carbonyl (C=O) groups is 3. The maximum absolute atomic E-state index is 13.6. The van der Waals surface area contributed by atoms with Gasteiger partial charge in [0.25, 0.3) is 5.91 Å². The number of carboxylic acid groups (broad SMARTS) is 1. The molecule has 3 aromatic rings. The Hall–Kier alpha value is -4.67. The summed E-state index contributed by atoms with van der Waals surface area (Å²) in [5, 5.41) is 13.6. The molecule has 4 heterocycles. The maximum atomic E-state index is 13.6. The Morgan fingerprint density at radius 3 is 2.12 bits per heavy atom. The number of amides is 3. The fraction of sp³-hybridized carbons (Fsp3) is 0.345. The monoisotopic (exact) mass is 542 g/mol. The molecule has 0 bridgehead atoms. The van der Waals surface area contributed by atoms with Crippen molar-refractivity contribution in [2.24, 2.45) is 18.0 Å². The van der Waals surface area contributed by atoms with E-state index in [1.807, 2.05) is 43.7 Å². The van der Waals surface area contributed by atoms with Gasteiger partial charge in [0, 0.05) is 44.0 Å². The van der Waals surface area contributed by atoms with Crippen molar-refractivity contribution in [2.75, 3.05) is 39.8 Å². The van der Waals surface area contributed by atoms with Gasteiger partial charge in [0.1, 0.15) is 5.84 Å². The molecule has 0 radical (unpaired) electrons. The van der Waals surface area contributed by atoms with E-state index in [2.05, 4.69) is 29.4 Å². The first kappa shape index (κ1) is 25.6. The Kier molecular flexibility index (Phi) is 6.28. The predicted molar refractivity (Wildman–Crippen MR) is 147 cm³/mol. The topological polar surface area (TPSA) is 121 Å². The van der Waals surface area contributed by atoms with Crippen LogP contribution < -0.4 is 0 Å². The van der Waals surface area contributed by atoms with Crippen molar-refractivity contribution < 1.29 is 24.2 Å². The molecule has 2 fully saturated rings. The third-order valence-electron chi connectivity index (χ3n) is 7.95. The smallest absolute Gasteiger partial charge is 0.409 e. The zero-order valence-electron chi connectivity index (χ0n) is 22.4. The number of methoxy groups -OCH3 is 1. The van der Waals surface area contributed by atoms with Crippen molar-refractivity contribution in [1.82, 2.24) is 24.5 Å². The molecule has 1 unspecified atom stereocenters. The SMILES string of the molecule is COC(=O)N1CCC(CN2C(=O)C3(CN(C(=O)O)C3)N=C2c2ccc(-c3ccc(-c4cnn(C)c4)cc3)cc2)C1. The van der Waals surface area contributed by atoms with Crippen LogP contribution in [0.25, 0.3) is 22.3 Å². The number of rotatable bonds is 5. The number of carbonyl (C=O) groups excluding carboxylic acids is 2. The van der Waals surface area contributed by atoms with Crippen LogP contribution in [0.4, 0.5) is 9.59 Å². The quantitative estimate of drug-likeness (QED) is 0.529. The number of hydrogen-bond donors (Lipinski definition) is 1. The van der Waals surface area contributed by atoms with Gasteiger partial charge in [-0.05, 0) is 29.0 Å². The molecular formula is C29H30N6O5. The fourth-order valence-electron chi connectivity index (χ4n) is 5.75. The fourth-order valence-corrected chi connectivity index (χ4v) is 5.75. The Labute approximate surface area is 231 Å². The van der Waals surface area contributed by atoms with E-state index >= 15 is 0 Å². The number of nitrogens with zero attached hydrogens (tertiary/aromatic N) is 6. The molecule has 40 heavy (non-hydrogen) atoms. The molecule has 11 heteroatoms. The van der Waals surface area contributed by atoms with Crippen LogP contribution in [0.2, 0.25) is 0 Å². The van der Waals surface area contributed by atoms with Gasteiger partial charge in [-0.2, -0.15) is 5.10 Å². The first-order valence-electron chi connectivity index (χ1n) is 13.2. The van der Waals surface area contributed by atoms with E-state index in [0.29, 0.717) is 25.5 Å². The van der Waals surface area contributed by atoms with Crippen LogP contribution in [0.1, 0.15) is 12.0 Å². The molecule has 1 N–H and O–H groups in total. The Morgan fingerprint density at radius 1 is 0.975 bits per heavy atom. The van der Waals surface area contributed by atoms with E-state index in [0.717, 1.165) is 34.2 Å². The van der Waals surface area contributed by atoms with Crippen LogP contribution in [0.15, 0.2) is 65.9 Å². The Balaban J connectivity index is 1.24. The van der Waals surface area contributed by atoms with E-state index in [4.69, 9.17) is 9.73 Å². The molecule has 11 nitrogen and oxygen atoms in total. The lowest BCUT2D eigenvalue weighted by molar-refractivity contribution is -0.136. The van der Waals surface area contributed by atoms with Gasteiger partial charge in [-0.3, -0.25) is 14.4 Å². The molecule has 2 aromatic carbocycles. The summed E-state index contributed by atoms with van der Waals surface area (Å²) in [7, 11) is 3.25. The highest BCUT2D eigenvalue weighted by atomic mass is 16.5. The maximum Gasteiger partial charge on any atom is 0.409 e. The lowest BCUT2D eigenvalue weighted by Gasteiger charge is -2.42. The highest BCUT2D eigenvalue weighted by Crippen LogP contribution is 2.36. The van der Waals surface area contributed by atoms with Crippen molar-refractivity contribution in [3.63, 3.8) is 0 Å². The molecule has 2 saturated heterocycles. The molecule has 6 rings (SSSR count). The first-order valence-corrected chi connectivity index (χ1v) is 13.2. The highest BCUT2D eigenvalue weighted by Gasteiger charge is 2.58. The molecular weight excluding hydrogens is 512 g/mol. The minimum Gasteiger partial charge on any atom is -0.465 e. The van der Waals surface area contributed by atoms with E-state index in [-0.39, 0.29) is 31.0 Å². The molecule has 1 aromatic heterocycles. The predicted octanol–water partition coefficient (Wildman–Crippen LogP) is 3.16. The first-order chi connectivity index (χ1) is 19.3. The number of likely N-dealkylation sites (tertiary alicyclic amines) is 2. The highest BCUT2D eigenvalue weighted by molar-refractivity contribution is 6.16. The molecule has 1 spiro atoms. The number of ether oxygens (including phenoxy) is 1. The minimum absolute atomic E-state index is 0.0431. The second-order valence-corrected chi connectivity index (χ2v) is 10.6. The van der Waals surface area contributed by atoms with Gasteiger partial charge < -0.3 is 19.6 Å². The summed E-state index contributed by atoms with van der Waals surface area (Å²) in [6.07, 6.45) is 3.12.